The number of rotatable bonds is 7. The summed E-state index contributed by atoms with van der Waals surface area (Å²) in [4.78, 5) is 12.5. The number of hydrogen-bond acceptors (Lipinski definition) is 3. The fourth-order valence-corrected chi connectivity index (χ4v) is 2.60. The Balaban J connectivity index is 0.00000338. The highest BCUT2D eigenvalue weighted by molar-refractivity contribution is 9.10. The van der Waals surface area contributed by atoms with E-state index in [1.54, 1.807) is 37.3 Å². The SMILES string of the molecule is CCO[C@H](C(=O)NCc1ccc(C(=N)N)cc1)c1ccc(Br)cc1F.Cl. The predicted molar refractivity (Wildman–Crippen MR) is 105 cm³/mol. The normalized spacial score (nSPS) is 11.3. The summed E-state index contributed by atoms with van der Waals surface area (Å²) in [6.07, 6.45) is -1.02. The molecule has 26 heavy (non-hydrogen) atoms. The summed E-state index contributed by atoms with van der Waals surface area (Å²) in [7, 11) is 0. The summed E-state index contributed by atoms with van der Waals surface area (Å²) in [6.45, 7) is 2.29. The molecule has 2 aromatic carbocycles. The molecule has 2 rings (SSSR count). The lowest BCUT2D eigenvalue weighted by Gasteiger charge is -2.18. The van der Waals surface area contributed by atoms with Crippen molar-refractivity contribution in [3.8, 4) is 0 Å². The first-order chi connectivity index (χ1) is 11.9. The van der Waals surface area contributed by atoms with E-state index >= 15 is 0 Å². The van der Waals surface area contributed by atoms with Gasteiger partial charge in [0.1, 0.15) is 11.7 Å². The van der Waals surface area contributed by atoms with Gasteiger partial charge in [0.2, 0.25) is 0 Å². The number of benzene rings is 2. The van der Waals surface area contributed by atoms with Gasteiger partial charge in [0.25, 0.3) is 5.91 Å². The van der Waals surface area contributed by atoms with E-state index < -0.39 is 17.8 Å². The first-order valence-electron chi connectivity index (χ1n) is 7.70. The number of hydrogen-bond donors (Lipinski definition) is 3. The molecule has 0 heterocycles. The van der Waals surface area contributed by atoms with Crippen molar-refractivity contribution in [1.29, 1.82) is 5.41 Å². The fraction of sp³-hybridized carbons (Fsp3) is 0.222. The Morgan fingerprint density at radius 3 is 2.50 bits per heavy atom. The van der Waals surface area contributed by atoms with Gasteiger partial charge in [0.15, 0.2) is 6.10 Å². The van der Waals surface area contributed by atoms with Gasteiger partial charge in [0.05, 0.1) is 0 Å². The molecule has 0 aromatic heterocycles. The van der Waals surface area contributed by atoms with Crippen molar-refractivity contribution in [2.45, 2.75) is 19.6 Å². The van der Waals surface area contributed by atoms with Crippen LogP contribution in [0.5, 0.6) is 0 Å². The summed E-state index contributed by atoms with van der Waals surface area (Å²) < 4.78 is 20.2. The zero-order valence-electron chi connectivity index (χ0n) is 14.1. The molecule has 0 aliphatic rings. The van der Waals surface area contributed by atoms with Gasteiger partial charge in [-0.05, 0) is 24.6 Å². The molecule has 1 amide bonds. The first kappa shape index (κ1) is 22.1. The Morgan fingerprint density at radius 1 is 1.31 bits per heavy atom. The fourth-order valence-electron chi connectivity index (χ4n) is 2.27. The largest absolute Gasteiger partial charge is 0.384 e. The number of carbonyl (C=O) groups is 1. The van der Waals surface area contributed by atoms with E-state index in [1.165, 1.54) is 12.1 Å². The number of nitrogens with two attached hydrogens (primary N) is 1. The van der Waals surface area contributed by atoms with Crippen molar-refractivity contribution in [2.24, 2.45) is 5.73 Å². The van der Waals surface area contributed by atoms with Crippen molar-refractivity contribution in [2.75, 3.05) is 6.61 Å². The molecule has 8 heteroatoms. The van der Waals surface area contributed by atoms with Crippen molar-refractivity contribution in [1.82, 2.24) is 5.32 Å². The number of nitrogen functional groups attached to an aromatic ring is 1. The van der Waals surface area contributed by atoms with Crippen LogP contribution in [0, 0.1) is 11.2 Å². The predicted octanol–water partition coefficient (Wildman–Crippen LogP) is 3.69. The van der Waals surface area contributed by atoms with Crippen LogP contribution in [0.4, 0.5) is 4.39 Å². The third-order valence-electron chi connectivity index (χ3n) is 3.55. The average molecular weight is 445 g/mol. The average Bonchev–Trinajstić information content (AvgIpc) is 2.58. The van der Waals surface area contributed by atoms with E-state index in [0.717, 1.165) is 5.56 Å². The van der Waals surface area contributed by atoms with Crippen LogP contribution in [0.3, 0.4) is 0 Å². The molecule has 0 spiro atoms. The molecular weight excluding hydrogens is 425 g/mol. The van der Waals surface area contributed by atoms with Crippen LogP contribution in [0.15, 0.2) is 46.9 Å². The standard InChI is InChI=1S/C18H19BrFN3O2.ClH/c1-2-25-16(14-8-7-13(19)9-15(14)20)18(24)23-10-11-3-5-12(6-4-11)17(21)22;/h3-9,16H,2,10H2,1H3,(H3,21,22)(H,23,24);1H/t16-;/m0./s1. The van der Waals surface area contributed by atoms with Crippen LogP contribution in [-0.4, -0.2) is 18.3 Å². The Bertz CT molecular complexity index is 772. The Hall–Kier alpha value is -1.96. The van der Waals surface area contributed by atoms with Crippen molar-refractivity contribution in [3.63, 3.8) is 0 Å². The van der Waals surface area contributed by atoms with Gasteiger partial charge in [-0.15, -0.1) is 12.4 Å². The van der Waals surface area contributed by atoms with Crippen LogP contribution >= 0.6 is 28.3 Å². The van der Waals surface area contributed by atoms with Crippen LogP contribution in [-0.2, 0) is 16.1 Å². The zero-order valence-corrected chi connectivity index (χ0v) is 16.5. The van der Waals surface area contributed by atoms with E-state index in [1.807, 2.05) is 0 Å². The third kappa shape index (κ3) is 5.79. The molecule has 4 N–H and O–H groups in total. The lowest BCUT2D eigenvalue weighted by atomic mass is 10.1. The Kier molecular flexibility index (Phi) is 8.71. The maximum atomic E-state index is 14.1. The lowest BCUT2D eigenvalue weighted by molar-refractivity contribution is -0.133. The number of nitrogens with one attached hydrogen (secondary N) is 2. The van der Waals surface area contributed by atoms with Gasteiger partial charge in [-0.25, -0.2) is 4.39 Å². The van der Waals surface area contributed by atoms with E-state index in [0.29, 0.717) is 10.0 Å². The monoisotopic (exact) mass is 443 g/mol. The summed E-state index contributed by atoms with van der Waals surface area (Å²) >= 11 is 3.19. The first-order valence-corrected chi connectivity index (χ1v) is 8.49. The summed E-state index contributed by atoms with van der Waals surface area (Å²) in [6, 6.07) is 11.4. The highest BCUT2D eigenvalue weighted by Gasteiger charge is 2.24. The van der Waals surface area contributed by atoms with Gasteiger partial charge in [-0.1, -0.05) is 46.3 Å². The molecule has 0 aliphatic heterocycles. The molecule has 0 saturated heterocycles. The van der Waals surface area contributed by atoms with Crippen molar-refractivity contribution in [3.05, 3.63) is 69.4 Å². The van der Waals surface area contributed by atoms with Crippen LogP contribution in [0.1, 0.15) is 29.7 Å². The van der Waals surface area contributed by atoms with E-state index in [-0.39, 0.29) is 37.0 Å². The maximum absolute atomic E-state index is 14.1. The Morgan fingerprint density at radius 2 is 1.96 bits per heavy atom. The summed E-state index contributed by atoms with van der Waals surface area (Å²) in [5, 5.41) is 10.1. The maximum Gasteiger partial charge on any atom is 0.254 e. The second kappa shape index (κ2) is 10.3. The quantitative estimate of drug-likeness (QED) is 0.449. The van der Waals surface area contributed by atoms with Crippen molar-refractivity contribution < 1.29 is 13.9 Å². The van der Waals surface area contributed by atoms with Crippen LogP contribution in [0.25, 0.3) is 0 Å². The highest BCUT2D eigenvalue weighted by Crippen LogP contribution is 2.24. The molecule has 0 bridgehead atoms. The van der Waals surface area contributed by atoms with Crippen LogP contribution in [0.2, 0.25) is 0 Å². The number of halogens is 3. The Labute approximate surface area is 166 Å². The second-order valence-corrected chi connectivity index (χ2v) is 6.25. The molecule has 2 aromatic rings. The van der Waals surface area contributed by atoms with E-state index in [9.17, 15) is 9.18 Å². The van der Waals surface area contributed by atoms with Crippen LogP contribution < -0.4 is 11.1 Å². The van der Waals surface area contributed by atoms with Gasteiger partial charge in [-0.2, -0.15) is 0 Å². The molecule has 0 saturated carbocycles. The van der Waals surface area contributed by atoms with Crippen molar-refractivity contribution >= 4 is 40.1 Å². The summed E-state index contributed by atoms with van der Waals surface area (Å²) in [5.74, 6) is -0.940. The zero-order chi connectivity index (χ0) is 18.4. The molecule has 0 aliphatic carbocycles. The molecular formula is C18H20BrClFN3O2. The highest BCUT2D eigenvalue weighted by atomic mass is 79.9. The van der Waals surface area contributed by atoms with Gasteiger partial charge in [0, 0.05) is 28.8 Å². The van der Waals surface area contributed by atoms with Gasteiger partial charge >= 0.3 is 0 Å². The third-order valence-corrected chi connectivity index (χ3v) is 4.04. The summed E-state index contributed by atoms with van der Waals surface area (Å²) in [5.41, 5.74) is 7.04. The van der Waals surface area contributed by atoms with E-state index in [2.05, 4.69) is 21.2 Å². The molecule has 0 fully saturated rings. The minimum Gasteiger partial charge on any atom is -0.384 e. The molecule has 140 valence electrons. The smallest absolute Gasteiger partial charge is 0.254 e. The molecule has 0 unspecified atom stereocenters. The molecule has 5 nitrogen and oxygen atoms in total. The number of ether oxygens (including phenoxy) is 1. The molecule has 0 radical (unpaired) electrons. The number of carbonyl (C=O) groups excluding carboxylic acids is 1. The number of amides is 1. The topological polar surface area (TPSA) is 88.2 Å². The van der Waals surface area contributed by atoms with E-state index in [4.69, 9.17) is 15.9 Å². The second-order valence-electron chi connectivity index (χ2n) is 5.33. The molecule has 1 atom stereocenters. The minimum atomic E-state index is -1.02. The number of amidine groups is 1. The minimum absolute atomic E-state index is 0. The van der Waals surface area contributed by atoms with Gasteiger partial charge in [-0.3, -0.25) is 10.2 Å². The van der Waals surface area contributed by atoms with Gasteiger partial charge < -0.3 is 15.8 Å². The lowest BCUT2D eigenvalue weighted by Crippen LogP contribution is -2.31.